The van der Waals surface area contributed by atoms with Gasteiger partial charge in [0.25, 0.3) is 5.91 Å². The number of benzene rings is 3. The number of hydrogen-bond acceptors (Lipinski definition) is 6. The van der Waals surface area contributed by atoms with E-state index in [-0.39, 0.29) is 18.3 Å². The van der Waals surface area contributed by atoms with E-state index in [1.807, 2.05) is 37.3 Å². The number of carbonyl (C=O) groups is 1. The van der Waals surface area contributed by atoms with Gasteiger partial charge in [-0.05, 0) is 88.7 Å². The maximum atomic E-state index is 13.9. The molecule has 0 spiro atoms. The zero-order valence-corrected chi connectivity index (χ0v) is 21.4. The second kappa shape index (κ2) is 11.4. The van der Waals surface area contributed by atoms with Crippen LogP contribution in [0.3, 0.4) is 0 Å². The van der Waals surface area contributed by atoms with Gasteiger partial charge < -0.3 is 19.5 Å². The number of ether oxygens (including phenoxy) is 3. The van der Waals surface area contributed by atoms with Crippen LogP contribution in [0.5, 0.6) is 17.2 Å². The van der Waals surface area contributed by atoms with E-state index in [0.717, 1.165) is 11.3 Å². The van der Waals surface area contributed by atoms with Crippen LogP contribution in [0.1, 0.15) is 18.1 Å². The second-order valence-electron chi connectivity index (χ2n) is 7.32. The average Bonchev–Trinajstić information content (AvgIpc) is 3.18. The van der Waals surface area contributed by atoms with Crippen LogP contribution in [-0.2, 0) is 11.4 Å². The van der Waals surface area contributed by atoms with Crippen molar-refractivity contribution in [3.8, 4) is 17.2 Å². The number of rotatable bonds is 8. The molecule has 0 unspecified atom stereocenters. The molecule has 1 aliphatic rings. The monoisotopic (exact) mass is 556 g/mol. The molecule has 1 saturated heterocycles. The molecule has 0 saturated carbocycles. The van der Waals surface area contributed by atoms with Gasteiger partial charge in [0.1, 0.15) is 18.2 Å². The molecule has 0 aliphatic carbocycles. The zero-order chi connectivity index (χ0) is 24.8. The van der Waals surface area contributed by atoms with Crippen molar-refractivity contribution in [2.24, 2.45) is 4.99 Å². The SMILES string of the molecule is CCOc1ccc(N=C2NC(=O)/C(=C\c3cc(Br)c(OCc4ccccc4F)c(OC)c3)S2)cc1. The largest absolute Gasteiger partial charge is 0.494 e. The molecule has 4 rings (SSSR count). The highest BCUT2D eigenvalue weighted by atomic mass is 79.9. The fraction of sp³-hybridized carbons (Fsp3) is 0.154. The highest BCUT2D eigenvalue weighted by molar-refractivity contribution is 9.10. The Bertz CT molecular complexity index is 1300. The van der Waals surface area contributed by atoms with Crippen LogP contribution in [0.4, 0.5) is 10.1 Å². The number of aliphatic imine (C=N–C) groups is 1. The Kier molecular flexibility index (Phi) is 8.09. The predicted molar refractivity (Wildman–Crippen MR) is 140 cm³/mol. The standard InChI is InChI=1S/C26H22BrFN2O4S/c1-3-33-19-10-8-18(9-11-19)29-26-30-25(31)23(35-26)14-16-12-20(27)24(22(13-16)32-2)34-15-17-6-4-5-7-21(17)28/h4-14H,3,15H2,1-2H3,(H,29,30,31)/b23-14+. The summed E-state index contributed by atoms with van der Waals surface area (Å²) in [6.45, 7) is 2.56. The Balaban J connectivity index is 1.51. The Morgan fingerprint density at radius 3 is 2.60 bits per heavy atom. The van der Waals surface area contributed by atoms with Crippen molar-refractivity contribution < 1.29 is 23.4 Å². The van der Waals surface area contributed by atoms with Crippen LogP contribution in [-0.4, -0.2) is 24.8 Å². The molecule has 3 aromatic rings. The first-order valence-corrected chi connectivity index (χ1v) is 12.3. The molecule has 1 N–H and O–H groups in total. The summed E-state index contributed by atoms with van der Waals surface area (Å²) in [6, 6.07) is 17.3. The van der Waals surface area contributed by atoms with Crippen molar-refractivity contribution in [3.63, 3.8) is 0 Å². The van der Waals surface area contributed by atoms with Gasteiger partial charge in [-0.15, -0.1) is 0 Å². The first-order chi connectivity index (χ1) is 17.0. The van der Waals surface area contributed by atoms with Gasteiger partial charge in [-0.3, -0.25) is 4.79 Å². The third-order valence-corrected chi connectivity index (χ3v) is 6.41. The summed E-state index contributed by atoms with van der Waals surface area (Å²) in [6.07, 6.45) is 1.74. The lowest BCUT2D eigenvalue weighted by molar-refractivity contribution is -0.115. The van der Waals surface area contributed by atoms with Crippen LogP contribution in [0.2, 0.25) is 0 Å². The average molecular weight is 557 g/mol. The van der Waals surface area contributed by atoms with Crippen LogP contribution in [0, 0.1) is 5.82 Å². The van der Waals surface area contributed by atoms with Gasteiger partial charge in [0, 0.05) is 5.56 Å². The number of thioether (sulfide) groups is 1. The quantitative estimate of drug-likeness (QED) is 0.322. The van der Waals surface area contributed by atoms with E-state index in [2.05, 4.69) is 26.2 Å². The predicted octanol–water partition coefficient (Wildman–Crippen LogP) is 6.47. The molecular formula is C26H22BrFN2O4S. The lowest BCUT2D eigenvalue weighted by Crippen LogP contribution is -2.19. The summed E-state index contributed by atoms with van der Waals surface area (Å²) >= 11 is 4.74. The Hall–Kier alpha value is -3.30. The molecule has 6 nitrogen and oxygen atoms in total. The highest BCUT2D eigenvalue weighted by Gasteiger charge is 2.24. The summed E-state index contributed by atoms with van der Waals surface area (Å²) in [4.78, 5) is 17.5. The molecule has 1 aliphatic heterocycles. The first-order valence-electron chi connectivity index (χ1n) is 10.7. The number of halogens is 2. The topological polar surface area (TPSA) is 69.2 Å². The lowest BCUT2D eigenvalue weighted by atomic mass is 10.1. The third kappa shape index (κ3) is 6.23. The second-order valence-corrected chi connectivity index (χ2v) is 9.21. The summed E-state index contributed by atoms with van der Waals surface area (Å²) in [5.74, 6) is 1.08. The van der Waals surface area contributed by atoms with Crippen molar-refractivity contribution in [2.45, 2.75) is 13.5 Å². The molecule has 1 heterocycles. The number of nitrogens with one attached hydrogen (secondary N) is 1. The van der Waals surface area contributed by atoms with Crippen molar-refractivity contribution in [1.29, 1.82) is 0 Å². The van der Waals surface area contributed by atoms with E-state index in [4.69, 9.17) is 14.2 Å². The highest BCUT2D eigenvalue weighted by Crippen LogP contribution is 2.39. The Morgan fingerprint density at radius 1 is 1.11 bits per heavy atom. The van der Waals surface area contributed by atoms with Crippen LogP contribution in [0.15, 0.2) is 75.0 Å². The van der Waals surface area contributed by atoms with Crippen molar-refractivity contribution >= 4 is 50.5 Å². The maximum absolute atomic E-state index is 13.9. The molecule has 35 heavy (non-hydrogen) atoms. The molecule has 0 bridgehead atoms. The van der Waals surface area contributed by atoms with Gasteiger partial charge in [-0.2, -0.15) is 0 Å². The zero-order valence-electron chi connectivity index (χ0n) is 19.0. The van der Waals surface area contributed by atoms with Gasteiger partial charge in [-0.25, -0.2) is 9.38 Å². The van der Waals surface area contributed by atoms with E-state index >= 15 is 0 Å². The first kappa shape index (κ1) is 24.8. The summed E-state index contributed by atoms with van der Waals surface area (Å²) < 4.78 is 31.3. The molecule has 0 radical (unpaired) electrons. The van der Waals surface area contributed by atoms with Crippen molar-refractivity contribution in [1.82, 2.24) is 5.32 Å². The fourth-order valence-corrected chi connectivity index (χ4v) is 4.68. The number of hydrogen-bond donors (Lipinski definition) is 1. The molecule has 0 aromatic heterocycles. The molecular weight excluding hydrogens is 535 g/mol. The number of amides is 1. The number of methoxy groups -OCH3 is 1. The number of carbonyl (C=O) groups excluding carboxylic acids is 1. The minimum atomic E-state index is -0.337. The van der Waals surface area contributed by atoms with E-state index in [0.29, 0.717) is 43.9 Å². The van der Waals surface area contributed by atoms with Gasteiger partial charge in [0.15, 0.2) is 16.7 Å². The summed E-state index contributed by atoms with van der Waals surface area (Å²) in [7, 11) is 1.52. The number of amidine groups is 1. The Morgan fingerprint density at radius 2 is 1.89 bits per heavy atom. The van der Waals surface area contributed by atoms with E-state index < -0.39 is 0 Å². The smallest absolute Gasteiger partial charge is 0.264 e. The molecule has 9 heteroatoms. The molecule has 3 aromatic carbocycles. The van der Waals surface area contributed by atoms with Crippen LogP contribution in [0.25, 0.3) is 6.08 Å². The molecule has 1 fully saturated rings. The summed E-state index contributed by atoms with van der Waals surface area (Å²) in [5.41, 5.74) is 1.87. The Labute approximate surface area is 215 Å². The van der Waals surface area contributed by atoms with Gasteiger partial charge in [-0.1, -0.05) is 18.2 Å². The van der Waals surface area contributed by atoms with Crippen molar-refractivity contribution in [3.05, 3.63) is 87.0 Å². The van der Waals surface area contributed by atoms with Gasteiger partial charge >= 0.3 is 0 Å². The van der Waals surface area contributed by atoms with E-state index in [1.165, 1.54) is 24.9 Å². The molecule has 1 amide bonds. The van der Waals surface area contributed by atoms with E-state index in [1.54, 1.807) is 30.3 Å². The minimum Gasteiger partial charge on any atom is -0.494 e. The molecule has 180 valence electrons. The minimum absolute atomic E-state index is 0.0473. The third-order valence-electron chi connectivity index (χ3n) is 4.91. The van der Waals surface area contributed by atoms with Gasteiger partial charge in [0.05, 0.1) is 28.8 Å². The van der Waals surface area contributed by atoms with Gasteiger partial charge in [0.2, 0.25) is 0 Å². The molecule has 0 atom stereocenters. The van der Waals surface area contributed by atoms with E-state index in [9.17, 15) is 9.18 Å². The summed E-state index contributed by atoms with van der Waals surface area (Å²) in [5, 5.41) is 3.27. The fourth-order valence-electron chi connectivity index (χ4n) is 3.26. The number of nitrogens with zero attached hydrogens (tertiary/aromatic N) is 1. The normalized spacial score (nSPS) is 15.4. The maximum Gasteiger partial charge on any atom is 0.264 e. The van der Waals surface area contributed by atoms with Crippen molar-refractivity contribution in [2.75, 3.05) is 13.7 Å². The lowest BCUT2D eigenvalue weighted by Gasteiger charge is -2.14. The van der Waals surface area contributed by atoms with Crippen LogP contribution >= 0.6 is 27.7 Å². The van der Waals surface area contributed by atoms with Crippen LogP contribution < -0.4 is 19.5 Å².